The number of anilines is 1. The fourth-order valence-corrected chi connectivity index (χ4v) is 5.50. The first-order valence-electron chi connectivity index (χ1n) is 12.2. The van der Waals surface area contributed by atoms with Gasteiger partial charge in [-0.3, -0.25) is 18.7 Å². The van der Waals surface area contributed by atoms with Crippen LogP contribution in [0.25, 0.3) is 11.0 Å². The predicted molar refractivity (Wildman–Crippen MR) is 146 cm³/mol. The number of morpholine rings is 1. The molecule has 0 saturated carbocycles. The minimum atomic E-state index is -0.486. The minimum Gasteiger partial charge on any atom is -0.378 e. The van der Waals surface area contributed by atoms with Crippen LogP contribution in [-0.2, 0) is 25.4 Å². The number of hydrogen-bond acceptors (Lipinski definition) is 6. The highest BCUT2D eigenvalue weighted by molar-refractivity contribution is 6.31. The number of nitrogens with two attached hydrogens (primary N) is 1. The Hall–Kier alpha value is -2.79. The van der Waals surface area contributed by atoms with E-state index in [-0.39, 0.29) is 30.9 Å². The highest BCUT2D eigenvalue weighted by Crippen LogP contribution is 2.35. The van der Waals surface area contributed by atoms with E-state index in [0.29, 0.717) is 66.8 Å². The summed E-state index contributed by atoms with van der Waals surface area (Å²) in [5.41, 5.74) is 7.20. The molecule has 1 aromatic carbocycles. The summed E-state index contributed by atoms with van der Waals surface area (Å²) in [7, 11) is 3.06. The summed E-state index contributed by atoms with van der Waals surface area (Å²) in [5.74, 6) is 0.383. The zero-order valence-corrected chi connectivity index (χ0v) is 22.6. The van der Waals surface area contributed by atoms with Crippen molar-refractivity contribution in [1.29, 1.82) is 0 Å². The van der Waals surface area contributed by atoms with E-state index in [1.54, 1.807) is 18.0 Å². The number of ether oxygens (including phenoxy) is 1. The number of halogens is 2. The molecular formula is C25H32Cl2N6O4. The van der Waals surface area contributed by atoms with Gasteiger partial charge in [0.05, 0.1) is 25.3 Å². The number of hydrogen-bond donors (Lipinski definition) is 1. The number of aromatic nitrogens is 3. The minimum absolute atomic E-state index is 0. The third-order valence-corrected chi connectivity index (χ3v) is 7.55. The van der Waals surface area contributed by atoms with Gasteiger partial charge in [-0.15, -0.1) is 12.4 Å². The van der Waals surface area contributed by atoms with Crippen LogP contribution in [0.2, 0.25) is 5.02 Å². The highest BCUT2D eigenvalue weighted by Gasteiger charge is 2.35. The lowest BCUT2D eigenvalue weighted by atomic mass is 10.1. The lowest BCUT2D eigenvalue weighted by Gasteiger charge is -2.35. The van der Waals surface area contributed by atoms with Gasteiger partial charge >= 0.3 is 5.69 Å². The molecule has 0 spiro atoms. The molecular weight excluding hydrogens is 519 g/mol. The largest absolute Gasteiger partial charge is 0.378 e. The Kier molecular flexibility index (Phi) is 8.03. The molecule has 0 bridgehead atoms. The number of fused-ring (bicyclic) bond motifs is 1. The van der Waals surface area contributed by atoms with Gasteiger partial charge in [0, 0.05) is 51.3 Å². The molecule has 200 valence electrons. The monoisotopic (exact) mass is 550 g/mol. The molecule has 37 heavy (non-hydrogen) atoms. The average molecular weight is 551 g/mol. The van der Waals surface area contributed by atoms with Crippen LogP contribution in [0.4, 0.5) is 5.82 Å². The third kappa shape index (κ3) is 4.79. The summed E-state index contributed by atoms with van der Waals surface area (Å²) in [6.45, 7) is 3.24. The van der Waals surface area contributed by atoms with E-state index >= 15 is 0 Å². The lowest BCUT2D eigenvalue weighted by Crippen LogP contribution is -2.45. The van der Waals surface area contributed by atoms with Gasteiger partial charge in [-0.1, -0.05) is 29.8 Å². The van der Waals surface area contributed by atoms with Crippen LogP contribution < -0.4 is 21.9 Å². The maximum absolute atomic E-state index is 14.1. The van der Waals surface area contributed by atoms with Crippen molar-refractivity contribution in [2.24, 2.45) is 19.8 Å². The summed E-state index contributed by atoms with van der Waals surface area (Å²) >= 11 is 6.53. The van der Waals surface area contributed by atoms with E-state index in [1.165, 1.54) is 11.6 Å². The Bertz CT molecular complexity index is 1440. The maximum atomic E-state index is 14.1. The normalized spacial score (nSPS) is 18.2. The van der Waals surface area contributed by atoms with Crippen molar-refractivity contribution in [3.8, 4) is 0 Å². The van der Waals surface area contributed by atoms with E-state index in [0.717, 1.165) is 23.0 Å². The molecule has 2 fully saturated rings. The predicted octanol–water partition coefficient (Wildman–Crippen LogP) is 1.56. The van der Waals surface area contributed by atoms with Crippen LogP contribution in [0, 0.1) is 0 Å². The summed E-state index contributed by atoms with van der Waals surface area (Å²) < 4.78 is 9.80. The molecule has 4 heterocycles. The molecule has 12 heteroatoms. The van der Waals surface area contributed by atoms with Crippen molar-refractivity contribution in [2.75, 3.05) is 44.3 Å². The van der Waals surface area contributed by atoms with E-state index in [9.17, 15) is 14.4 Å². The molecule has 0 radical (unpaired) electrons. The van der Waals surface area contributed by atoms with E-state index in [1.807, 2.05) is 22.8 Å². The van der Waals surface area contributed by atoms with Gasteiger partial charge in [-0.05, 0) is 24.5 Å². The number of carbonyl (C=O) groups excluding carboxylic acids is 1. The van der Waals surface area contributed by atoms with Gasteiger partial charge in [0.25, 0.3) is 11.5 Å². The SMILES string of the molecule is Cl.Cn1c(=O)c2c(c(C(=O)N3CCOCC3)c(N3CCC[C@@H](N)C3)n2Cc2ccccc2Cl)n(C)c1=O. The van der Waals surface area contributed by atoms with Crippen molar-refractivity contribution in [3.05, 3.63) is 61.3 Å². The first kappa shape index (κ1) is 27.3. The zero-order chi connectivity index (χ0) is 25.6. The molecule has 1 atom stereocenters. The molecule has 0 aliphatic carbocycles. The number of piperidine rings is 1. The number of rotatable bonds is 4. The quantitative estimate of drug-likeness (QED) is 0.528. The van der Waals surface area contributed by atoms with Crippen LogP contribution in [0.5, 0.6) is 0 Å². The van der Waals surface area contributed by atoms with Gasteiger partial charge < -0.3 is 24.8 Å². The van der Waals surface area contributed by atoms with Gasteiger partial charge in [0.15, 0.2) is 0 Å². The van der Waals surface area contributed by atoms with Gasteiger partial charge in [-0.2, -0.15) is 0 Å². The first-order chi connectivity index (χ1) is 17.3. The number of aryl methyl sites for hydroxylation is 1. The van der Waals surface area contributed by atoms with Crippen LogP contribution in [0.15, 0.2) is 33.9 Å². The molecule has 2 saturated heterocycles. The molecule has 2 aliphatic heterocycles. The summed E-state index contributed by atoms with van der Waals surface area (Å²) in [4.78, 5) is 44.6. The number of nitrogens with zero attached hydrogens (tertiary/aromatic N) is 5. The molecule has 2 aromatic heterocycles. The molecule has 10 nitrogen and oxygen atoms in total. The van der Waals surface area contributed by atoms with Crippen LogP contribution in [0.3, 0.4) is 0 Å². The fraction of sp³-hybridized carbons (Fsp3) is 0.480. The average Bonchev–Trinajstić information content (AvgIpc) is 3.22. The third-order valence-electron chi connectivity index (χ3n) is 7.18. The van der Waals surface area contributed by atoms with Crippen molar-refractivity contribution < 1.29 is 9.53 Å². The molecule has 2 aliphatic rings. The number of amides is 1. The summed E-state index contributed by atoms with van der Waals surface area (Å²) in [6.07, 6.45) is 1.74. The Labute approximate surface area is 225 Å². The molecule has 2 N–H and O–H groups in total. The van der Waals surface area contributed by atoms with E-state index < -0.39 is 11.2 Å². The second kappa shape index (κ2) is 10.9. The van der Waals surface area contributed by atoms with E-state index in [4.69, 9.17) is 22.1 Å². The summed E-state index contributed by atoms with van der Waals surface area (Å²) in [6, 6.07) is 7.36. The van der Waals surface area contributed by atoms with Gasteiger partial charge in [0.2, 0.25) is 0 Å². The Morgan fingerprint density at radius 3 is 2.46 bits per heavy atom. The Morgan fingerprint density at radius 1 is 1.08 bits per heavy atom. The molecule has 3 aromatic rings. The van der Waals surface area contributed by atoms with Gasteiger partial charge in [-0.25, -0.2) is 4.79 Å². The standard InChI is InChI=1S/C25H31ClN6O4.ClH/c1-28-20-19(23(33)30-10-12-36-13-11-30)22(31-9-5-7-17(27)15-31)32(14-16-6-3-4-8-18(16)26)21(20)24(34)29(2)25(28)35;/h3-4,6,8,17H,5,7,9-15,27H2,1-2H3;1H/t17-;/m1./s1. The molecule has 5 rings (SSSR count). The van der Waals surface area contributed by atoms with Crippen molar-refractivity contribution in [1.82, 2.24) is 18.6 Å². The first-order valence-corrected chi connectivity index (χ1v) is 12.6. The second-order valence-electron chi connectivity index (χ2n) is 9.53. The van der Waals surface area contributed by atoms with Crippen LogP contribution in [-0.4, -0.2) is 69.9 Å². The number of benzene rings is 1. The van der Waals surface area contributed by atoms with Crippen molar-refractivity contribution in [3.63, 3.8) is 0 Å². The van der Waals surface area contributed by atoms with Crippen LogP contribution >= 0.6 is 24.0 Å². The smallest absolute Gasteiger partial charge is 0.331 e. The molecule has 1 amide bonds. The zero-order valence-electron chi connectivity index (χ0n) is 21.0. The Morgan fingerprint density at radius 2 is 1.78 bits per heavy atom. The summed E-state index contributed by atoms with van der Waals surface area (Å²) in [5, 5.41) is 0.559. The fourth-order valence-electron chi connectivity index (χ4n) is 5.31. The maximum Gasteiger partial charge on any atom is 0.331 e. The van der Waals surface area contributed by atoms with Crippen LogP contribution in [0.1, 0.15) is 28.8 Å². The second-order valence-corrected chi connectivity index (χ2v) is 9.94. The topological polar surface area (TPSA) is 108 Å². The van der Waals surface area contributed by atoms with Crippen molar-refractivity contribution >= 4 is 46.8 Å². The highest BCUT2D eigenvalue weighted by atomic mass is 35.5. The van der Waals surface area contributed by atoms with E-state index in [2.05, 4.69) is 4.90 Å². The van der Waals surface area contributed by atoms with Crippen molar-refractivity contribution in [2.45, 2.75) is 25.4 Å². The molecule has 0 unspecified atom stereocenters. The number of carbonyl (C=O) groups is 1. The lowest BCUT2D eigenvalue weighted by molar-refractivity contribution is 0.0304. The Balaban J connectivity index is 0.00000320. The van der Waals surface area contributed by atoms with Gasteiger partial charge in [0.1, 0.15) is 16.9 Å².